The van der Waals surface area contributed by atoms with Crippen LogP contribution in [0.5, 0.6) is 0 Å². The normalized spacial score (nSPS) is 22.8. The van der Waals surface area contributed by atoms with Crippen molar-refractivity contribution in [2.24, 2.45) is 0 Å². The van der Waals surface area contributed by atoms with Crippen molar-refractivity contribution in [1.82, 2.24) is 9.88 Å². The molecule has 1 aromatic heterocycles. The van der Waals surface area contributed by atoms with E-state index in [1.807, 2.05) is 0 Å². The zero-order valence-electron chi connectivity index (χ0n) is 15.3. The summed E-state index contributed by atoms with van der Waals surface area (Å²) in [5, 5.41) is 1.42. The number of rotatable bonds is 6. The maximum absolute atomic E-state index is 5.53. The number of nitrogens with zero attached hydrogens (tertiary/aromatic N) is 1. The number of likely N-dealkylation sites (tertiary alicyclic amines) is 1. The third-order valence-corrected chi connectivity index (χ3v) is 6.02. The second kappa shape index (κ2) is 7.90. The van der Waals surface area contributed by atoms with Gasteiger partial charge >= 0.3 is 0 Å². The third-order valence-electron chi connectivity index (χ3n) is 6.02. The molecule has 3 heterocycles. The molecule has 2 aromatic rings. The van der Waals surface area contributed by atoms with Gasteiger partial charge in [0, 0.05) is 50.0 Å². The van der Waals surface area contributed by atoms with Crippen molar-refractivity contribution in [2.45, 2.75) is 44.1 Å². The molecule has 0 radical (unpaired) electrons. The first-order chi connectivity index (χ1) is 12.3. The Bertz CT molecular complexity index is 690. The van der Waals surface area contributed by atoms with E-state index in [2.05, 4.69) is 34.3 Å². The highest BCUT2D eigenvalue weighted by Crippen LogP contribution is 2.31. The fraction of sp³-hybridized carbons (Fsp3) is 0.619. The minimum atomic E-state index is 0.654. The molecule has 0 bridgehead atoms. The summed E-state index contributed by atoms with van der Waals surface area (Å²) in [6.45, 7) is 4.90. The molecular formula is C21H30N2O2. The van der Waals surface area contributed by atoms with Crippen molar-refractivity contribution in [2.75, 3.05) is 40.0 Å². The Labute approximate surface area is 150 Å². The number of aromatic nitrogens is 1. The number of aromatic amines is 1. The number of fused-ring (bicyclic) bond motifs is 1. The molecule has 4 heteroatoms. The van der Waals surface area contributed by atoms with Crippen molar-refractivity contribution >= 4 is 10.9 Å². The summed E-state index contributed by atoms with van der Waals surface area (Å²) in [7, 11) is 1.79. The highest BCUT2D eigenvalue weighted by molar-refractivity contribution is 5.84. The smallest absolute Gasteiger partial charge is 0.0589 e. The molecule has 2 fully saturated rings. The molecule has 0 saturated carbocycles. The lowest BCUT2D eigenvalue weighted by molar-refractivity contribution is 0.0853. The number of methoxy groups -OCH3 is 1. The van der Waals surface area contributed by atoms with Crippen LogP contribution in [-0.4, -0.2) is 55.9 Å². The summed E-state index contributed by atoms with van der Waals surface area (Å²) >= 11 is 0. The van der Waals surface area contributed by atoms with Gasteiger partial charge < -0.3 is 14.5 Å². The van der Waals surface area contributed by atoms with E-state index in [1.54, 1.807) is 7.11 Å². The van der Waals surface area contributed by atoms with Gasteiger partial charge in [-0.2, -0.15) is 0 Å². The lowest BCUT2D eigenvalue weighted by Gasteiger charge is -2.24. The van der Waals surface area contributed by atoms with E-state index in [-0.39, 0.29) is 0 Å². The molecule has 1 atom stereocenters. The lowest BCUT2D eigenvalue weighted by atomic mass is 9.90. The van der Waals surface area contributed by atoms with Crippen LogP contribution in [-0.2, 0) is 15.9 Å². The first-order valence-corrected chi connectivity index (χ1v) is 9.76. The van der Waals surface area contributed by atoms with Gasteiger partial charge in [0.05, 0.1) is 6.61 Å². The van der Waals surface area contributed by atoms with Crippen molar-refractivity contribution in [3.63, 3.8) is 0 Å². The quantitative estimate of drug-likeness (QED) is 0.869. The lowest BCUT2D eigenvalue weighted by Crippen LogP contribution is -2.33. The van der Waals surface area contributed by atoms with Crippen molar-refractivity contribution in [3.8, 4) is 0 Å². The molecule has 2 aliphatic heterocycles. The van der Waals surface area contributed by atoms with Gasteiger partial charge in [0.1, 0.15) is 0 Å². The number of hydrogen-bond acceptors (Lipinski definition) is 3. The second-order valence-electron chi connectivity index (χ2n) is 7.53. The van der Waals surface area contributed by atoms with E-state index in [9.17, 15) is 0 Å². The maximum Gasteiger partial charge on any atom is 0.0589 e. The Morgan fingerprint density at radius 2 is 2.12 bits per heavy atom. The number of benzene rings is 1. The average Bonchev–Trinajstić information content (AvgIpc) is 3.28. The second-order valence-corrected chi connectivity index (χ2v) is 7.53. The molecule has 1 N–H and O–H groups in total. The molecule has 0 spiro atoms. The Kier molecular flexibility index (Phi) is 5.39. The molecule has 0 amide bonds. The summed E-state index contributed by atoms with van der Waals surface area (Å²) in [5.41, 5.74) is 4.23. The van der Waals surface area contributed by atoms with Gasteiger partial charge in [0.15, 0.2) is 0 Å². The fourth-order valence-electron chi connectivity index (χ4n) is 4.53. The first kappa shape index (κ1) is 17.1. The molecular weight excluding hydrogens is 312 g/mol. The minimum Gasteiger partial charge on any atom is -0.383 e. The first-order valence-electron chi connectivity index (χ1n) is 9.76. The van der Waals surface area contributed by atoms with Crippen LogP contribution >= 0.6 is 0 Å². The van der Waals surface area contributed by atoms with Gasteiger partial charge in [-0.05, 0) is 67.8 Å². The summed E-state index contributed by atoms with van der Waals surface area (Å²) in [6.07, 6.45) is 8.28. The van der Waals surface area contributed by atoms with Crippen LogP contribution in [0.2, 0.25) is 0 Å². The van der Waals surface area contributed by atoms with Gasteiger partial charge in [-0.25, -0.2) is 0 Å². The molecule has 0 aliphatic carbocycles. The van der Waals surface area contributed by atoms with Crippen LogP contribution in [0.4, 0.5) is 0 Å². The third kappa shape index (κ3) is 3.76. The van der Waals surface area contributed by atoms with Crippen LogP contribution in [0.1, 0.15) is 42.7 Å². The van der Waals surface area contributed by atoms with Crippen LogP contribution in [0.25, 0.3) is 10.9 Å². The zero-order chi connectivity index (χ0) is 17.1. The summed E-state index contributed by atoms with van der Waals surface area (Å²) < 4.78 is 10.8. The highest BCUT2D eigenvalue weighted by atomic mass is 16.5. The van der Waals surface area contributed by atoms with E-state index >= 15 is 0 Å². The Balaban J connectivity index is 1.53. The van der Waals surface area contributed by atoms with E-state index in [4.69, 9.17) is 9.47 Å². The van der Waals surface area contributed by atoms with Crippen molar-refractivity contribution < 1.29 is 9.47 Å². The molecule has 4 rings (SSSR count). The van der Waals surface area contributed by atoms with E-state index in [0.717, 1.165) is 45.6 Å². The van der Waals surface area contributed by atoms with Gasteiger partial charge in [-0.3, -0.25) is 4.90 Å². The molecule has 2 aliphatic rings. The monoisotopic (exact) mass is 342 g/mol. The molecule has 2 saturated heterocycles. The molecule has 25 heavy (non-hydrogen) atoms. The van der Waals surface area contributed by atoms with E-state index in [0.29, 0.717) is 12.0 Å². The van der Waals surface area contributed by atoms with Crippen molar-refractivity contribution in [1.29, 1.82) is 0 Å². The average molecular weight is 342 g/mol. The number of H-pyrrole nitrogens is 1. The Morgan fingerprint density at radius 1 is 1.24 bits per heavy atom. The van der Waals surface area contributed by atoms with Crippen LogP contribution < -0.4 is 0 Å². The van der Waals surface area contributed by atoms with E-state index < -0.39 is 0 Å². The predicted molar refractivity (Wildman–Crippen MR) is 101 cm³/mol. The van der Waals surface area contributed by atoms with Gasteiger partial charge in [-0.1, -0.05) is 6.07 Å². The summed E-state index contributed by atoms with van der Waals surface area (Å²) in [4.78, 5) is 6.08. The Hall–Kier alpha value is -1.36. The largest absolute Gasteiger partial charge is 0.383 e. The van der Waals surface area contributed by atoms with Crippen LogP contribution in [0.3, 0.4) is 0 Å². The van der Waals surface area contributed by atoms with Gasteiger partial charge in [-0.15, -0.1) is 0 Å². The van der Waals surface area contributed by atoms with E-state index in [1.165, 1.54) is 41.4 Å². The van der Waals surface area contributed by atoms with Crippen LogP contribution in [0.15, 0.2) is 24.4 Å². The molecule has 1 unspecified atom stereocenters. The fourth-order valence-corrected chi connectivity index (χ4v) is 4.53. The molecule has 4 nitrogen and oxygen atoms in total. The molecule has 136 valence electrons. The van der Waals surface area contributed by atoms with Gasteiger partial charge in [0.25, 0.3) is 0 Å². The minimum absolute atomic E-state index is 0.654. The van der Waals surface area contributed by atoms with Crippen LogP contribution in [0, 0.1) is 0 Å². The number of nitrogens with one attached hydrogen (secondary N) is 1. The predicted octanol–water partition coefficient (Wildman–Crippen LogP) is 3.72. The zero-order valence-corrected chi connectivity index (χ0v) is 15.3. The number of hydrogen-bond donors (Lipinski definition) is 1. The number of ether oxygens (including phenoxy) is 2. The summed E-state index contributed by atoms with van der Waals surface area (Å²) in [5.74, 6) is 0.658. The standard InChI is InChI=1S/C21H30N2O2/c1-24-12-9-23-8-2-3-19(23)13-18-15-22-21-5-4-17(14-20(18)21)16-6-10-25-11-7-16/h4-5,14-16,19,22H,2-3,6-13H2,1H3. The highest BCUT2D eigenvalue weighted by Gasteiger charge is 2.25. The van der Waals surface area contributed by atoms with Gasteiger partial charge in [0.2, 0.25) is 0 Å². The Morgan fingerprint density at radius 3 is 2.96 bits per heavy atom. The summed E-state index contributed by atoms with van der Waals surface area (Å²) in [6, 6.07) is 7.66. The molecule has 1 aromatic carbocycles. The maximum atomic E-state index is 5.53. The topological polar surface area (TPSA) is 37.5 Å². The SMILES string of the molecule is COCCN1CCCC1Cc1c[nH]c2ccc(C3CCOCC3)cc12. The van der Waals surface area contributed by atoms with Crippen molar-refractivity contribution in [3.05, 3.63) is 35.5 Å².